The zero-order valence-electron chi connectivity index (χ0n) is 13.2. The van der Waals surface area contributed by atoms with Gasteiger partial charge in [-0.25, -0.2) is 9.97 Å². The molecule has 2 aliphatic rings. The van der Waals surface area contributed by atoms with E-state index in [9.17, 15) is 4.79 Å². The molecule has 1 saturated heterocycles. The number of nitrogens with one attached hydrogen (secondary N) is 1. The third kappa shape index (κ3) is 3.38. The van der Waals surface area contributed by atoms with E-state index in [1.165, 1.54) is 12.5 Å². The molecule has 6 nitrogen and oxygen atoms in total. The Balaban J connectivity index is 1.35. The predicted octanol–water partition coefficient (Wildman–Crippen LogP) is 3.32. The molecule has 4 rings (SSSR count). The molecule has 7 heteroatoms. The summed E-state index contributed by atoms with van der Waals surface area (Å²) >= 11 is 6.11. The third-order valence-electron chi connectivity index (χ3n) is 4.56. The van der Waals surface area contributed by atoms with Crippen LogP contribution in [0.2, 0.25) is 5.15 Å². The summed E-state index contributed by atoms with van der Waals surface area (Å²) < 4.78 is 4.99. The number of halogens is 1. The zero-order valence-corrected chi connectivity index (χ0v) is 14.0. The Morgan fingerprint density at radius 1 is 1.25 bits per heavy atom. The Labute approximate surface area is 145 Å². The van der Waals surface area contributed by atoms with Gasteiger partial charge < -0.3 is 14.6 Å². The van der Waals surface area contributed by atoms with Crippen molar-refractivity contribution in [2.45, 2.75) is 37.6 Å². The van der Waals surface area contributed by atoms with E-state index in [2.05, 4.69) is 15.3 Å². The van der Waals surface area contributed by atoms with E-state index in [1.54, 1.807) is 12.1 Å². The van der Waals surface area contributed by atoms with Crippen molar-refractivity contribution >= 4 is 23.3 Å². The van der Waals surface area contributed by atoms with Gasteiger partial charge in [0.1, 0.15) is 23.1 Å². The van der Waals surface area contributed by atoms with Crippen LogP contribution in [0.3, 0.4) is 0 Å². The highest BCUT2D eigenvalue weighted by atomic mass is 35.5. The average Bonchev–Trinajstić information content (AvgIpc) is 3.29. The van der Waals surface area contributed by atoms with Gasteiger partial charge in [0, 0.05) is 31.1 Å². The van der Waals surface area contributed by atoms with E-state index in [1.807, 2.05) is 4.90 Å². The molecule has 1 aliphatic heterocycles. The molecular weight excluding hydrogens is 328 g/mol. The molecule has 0 bridgehead atoms. The van der Waals surface area contributed by atoms with Crippen molar-refractivity contribution < 1.29 is 9.21 Å². The molecule has 2 aromatic heterocycles. The van der Waals surface area contributed by atoms with Crippen LogP contribution in [-0.4, -0.2) is 39.9 Å². The lowest BCUT2D eigenvalue weighted by molar-refractivity contribution is 0.0717. The minimum atomic E-state index is 0.0308. The highest BCUT2D eigenvalue weighted by Gasteiger charge is 2.28. The smallest absolute Gasteiger partial charge is 0.257 e. The maximum Gasteiger partial charge on any atom is 0.257 e. The van der Waals surface area contributed by atoms with Crippen molar-refractivity contribution in [3.63, 3.8) is 0 Å². The number of carbonyl (C=O) groups excluding carboxylic acids is 1. The minimum absolute atomic E-state index is 0.0308. The summed E-state index contributed by atoms with van der Waals surface area (Å²) in [4.78, 5) is 23.1. The fraction of sp³-hybridized carbons (Fsp3) is 0.471. The van der Waals surface area contributed by atoms with Crippen LogP contribution in [0.25, 0.3) is 0 Å². The van der Waals surface area contributed by atoms with Crippen LogP contribution in [0.15, 0.2) is 29.1 Å². The summed E-state index contributed by atoms with van der Waals surface area (Å²) in [5.41, 5.74) is 0.609. The molecule has 3 heterocycles. The van der Waals surface area contributed by atoms with Crippen LogP contribution in [-0.2, 0) is 0 Å². The molecule has 126 valence electrons. The van der Waals surface area contributed by atoms with Crippen LogP contribution < -0.4 is 5.32 Å². The maximum atomic E-state index is 12.3. The first-order valence-electron chi connectivity index (χ1n) is 8.31. The van der Waals surface area contributed by atoms with Gasteiger partial charge in [0.25, 0.3) is 5.91 Å². The van der Waals surface area contributed by atoms with E-state index in [0.29, 0.717) is 16.6 Å². The van der Waals surface area contributed by atoms with Crippen molar-refractivity contribution in [2.75, 3.05) is 18.4 Å². The summed E-state index contributed by atoms with van der Waals surface area (Å²) in [6.07, 6.45) is 7.07. The van der Waals surface area contributed by atoms with Crippen molar-refractivity contribution in [1.82, 2.24) is 14.9 Å². The molecule has 24 heavy (non-hydrogen) atoms. The van der Waals surface area contributed by atoms with Crippen molar-refractivity contribution in [1.29, 1.82) is 0 Å². The van der Waals surface area contributed by atoms with Crippen LogP contribution in [0, 0.1) is 0 Å². The van der Waals surface area contributed by atoms with Gasteiger partial charge in [0.2, 0.25) is 0 Å². The Morgan fingerprint density at radius 2 is 2.04 bits per heavy atom. The standard InChI is InChI=1S/C17H19ClN4O2/c18-14-9-15(21-16(20-14)11-1-2-11)19-13-3-6-22(7-4-13)17(23)12-5-8-24-10-12/h5,8-11,13H,1-4,6-7H2,(H,19,20,21). The number of anilines is 1. The third-order valence-corrected chi connectivity index (χ3v) is 4.75. The van der Waals surface area contributed by atoms with Gasteiger partial charge in [-0.2, -0.15) is 0 Å². The number of likely N-dealkylation sites (tertiary alicyclic amines) is 1. The lowest BCUT2D eigenvalue weighted by atomic mass is 10.0. The van der Waals surface area contributed by atoms with E-state index in [0.717, 1.165) is 50.4 Å². The highest BCUT2D eigenvalue weighted by Crippen LogP contribution is 2.38. The summed E-state index contributed by atoms with van der Waals surface area (Å²) in [7, 11) is 0. The molecule has 0 aromatic carbocycles. The van der Waals surface area contributed by atoms with E-state index in [-0.39, 0.29) is 11.9 Å². The SMILES string of the molecule is O=C(c1ccoc1)N1CCC(Nc2cc(Cl)nc(C3CC3)n2)CC1. The number of rotatable bonds is 4. The van der Waals surface area contributed by atoms with E-state index >= 15 is 0 Å². The maximum absolute atomic E-state index is 12.3. The fourth-order valence-electron chi connectivity index (χ4n) is 3.04. The Bertz CT molecular complexity index is 722. The molecule has 0 atom stereocenters. The van der Waals surface area contributed by atoms with E-state index < -0.39 is 0 Å². The Hall–Kier alpha value is -2.08. The molecule has 1 aliphatic carbocycles. The number of carbonyl (C=O) groups is 1. The first-order chi connectivity index (χ1) is 11.7. The molecule has 1 amide bonds. The topological polar surface area (TPSA) is 71.3 Å². The van der Waals surface area contributed by atoms with Crippen molar-refractivity contribution in [3.8, 4) is 0 Å². The minimum Gasteiger partial charge on any atom is -0.472 e. The molecule has 1 N–H and O–H groups in total. The fourth-order valence-corrected chi connectivity index (χ4v) is 3.23. The van der Waals surface area contributed by atoms with Gasteiger partial charge in [-0.05, 0) is 31.7 Å². The molecule has 0 unspecified atom stereocenters. The first kappa shape index (κ1) is 15.4. The van der Waals surface area contributed by atoms with Crippen LogP contribution in [0.4, 0.5) is 5.82 Å². The molecule has 0 radical (unpaired) electrons. The summed E-state index contributed by atoms with van der Waals surface area (Å²) in [6, 6.07) is 3.77. The number of piperidine rings is 1. The number of hydrogen-bond donors (Lipinski definition) is 1. The lowest BCUT2D eigenvalue weighted by Gasteiger charge is -2.32. The van der Waals surface area contributed by atoms with Crippen molar-refractivity contribution in [3.05, 3.63) is 41.2 Å². The average molecular weight is 347 g/mol. The van der Waals surface area contributed by atoms with Crippen LogP contribution >= 0.6 is 11.6 Å². The number of amides is 1. The normalized spacial score (nSPS) is 18.6. The number of hydrogen-bond acceptors (Lipinski definition) is 5. The van der Waals surface area contributed by atoms with Crippen LogP contribution in [0.5, 0.6) is 0 Å². The molecule has 0 spiro atoms. The summed E-state index contributed by atoms with van der Waals surface area (Å²) in [6.45, 7) is 1.44. The number of aromatic nitrogens is 2. The number of nitrogens with zero attached hydrogens (tertiary/aromatic N) is 3. The highest BCUT2D eigenvalue weighted by molar-refractivity contribution is 6.29. The second kappa shape index (κ2) is 6.43. The molecular formula is C17H19ClN4O2. The van der Waals surface area contributed by atoms with Gasteiger partial charge >= 0.3 is 0 Å². The molecule has 2 fully saturated rings. The zero-order chi connectivity index (χ0) is 16.5. The van der Waals surface area contributed by atoms with Gasteiger partial charge in [-0.3, -0.25) is 4.79 Å². The van der Waals surface area contributed by atoms with Crippen LogP contribution in [0.1, 0.15) is 47.8 Å². The van der Waals surface area contributed by atoms with Gasteiger partial charge in [-0.15, -0.1) is 0 Å². The summed E-state index contributed by atoms with van der Waals surface area (Å²) in [5.74, 6) is 2.14. The second-order valence-corrected chi connectivity index (χ2v) is 6.82. The largest absolute Gasteiger partial charge is 0.472 e. The quantitative estimate of drug-likeness (QED) is 0.860. The molecule has 2 aromatic rings. The second-order valence-electron chi connectivity index (χ2n) is 6.43. The van der Waals surface area contributed by atoms with Gasteiger partial charge in [-0.1, -0.05) is 11.6 Å². The first-order valence-corrected chi connectivity index (χ1v) is 8.69. The van der Waals surface area contributed by atoms with Gasteiger partial charge in [0.15, 0.2) is 0 Å². The Morgan fingerprint density at radius 3 is 2.71 bits per heavy atom. The predicted molar refractivity (Wildman–Crippen MR) is 90.3 cm³/mol. The summed E-state index contributed by atoms with van der Waals surface area (Å²) in [5, 5.41) is 3.93. The van der Waals surface area contributed by atoms with Crippen molar-refractivity contribution in [2.24, 2.45) is 0 Å². The Kier molecular flexibility index (Phi) is 4.14. The lowest BCUT2D eigenvalue weighted by Crippen LogP contribution is -2.42. The van der Waals surface area contributed by atoms with Gasteiger partial charge in [0.05, 0.1) is 11.8 Å². The monoisotopic (exact) mass is 346 g/mol. The van der Waals surface area contributed by atoms with E-state index in [4.69, 9.17) is 16.0 Å². The number of furan rings is 1. The molecule has 1 saturated carbocycles.